The van der Waals surface area contributed by atoms with Crippen LogP contribution in [0.3, 0.4) is 0 Å². The lowest BCUT2D eigenvalue weighted by Crippen LogP contribution is -1.86. The molecule has 0 aromatic heterocycles. The van der Waals surface area contributed by atoms with Gasteiger partial charge in [0.05, 0.1) is 11.6 Å². The average Bonchev–Trinajstić information content (AvgIpc) is 2.17. The number of halogens is 3. The van der Waals surface area contributed by atoms with E-state index in [0.29, 0.717) is 0 Å². The molecule has 1 aromatic rings. The lowest BCUT2D eigenvalue weighted by Gasteiger charge is -2.06. The normalized spacial score (nSPS) is 10.9. The smallest absolute Gasteiger partial charge is 0.133 e. The predicted octanol–water partition coefficient (Wildman–Crippen LogP) is 4.63. The number of methoxy groups -OCH3 is 1. The summed E-state index contributed by atoms with van der Waals surface area (Å²) in [6.45, 7) is 0. The highest BCUT2D eigenvalue weighted by Gasteiger charge is 2.04. The Labute approximate surface area is 109 Å². The Balaban J connectivity index is 3.10. The van der Waals surface area contributed by atoms with Gasteiger partial charge < -0.3 is 4.74 Å². The third kappa shape index (κ3) is 3.11. The molecule has 0 radical (unpaired) electrons. The zero-order chi connectivity index (χ0) is 10.6. The number of alkyl halides is 1. The molecule has 0 amide bonds. The molecule has 1 nitrogen and oxygen atoms in total. The fraction of sp³-hybridized carbons (Fsp3) is 0.200. The Bertz CT molecular complexity index is 347. The molecule has 0 spiro atoms. The maximum absolute atomic E-state index is 5.21. The van der Waals surface area contributed by atoms with Gasteiger partial charge in [-0.05, 0) is 33.6 Å². The Morgan fingerprint density at radius 1 is 1.29 bits per heavy atom. The van der Waals surface area contributed by atoms with Crippen molar-refractivity contribution < 1.29 is 4.74 Å². The zero-order valence-corrected chi connectivity index (χ0v) is 12.3. The van der Waals surface area contributed by atoms with Gasteiger partial charge in [0.25, 0.3) is 0 Å². The lowest BCUT2D eigenvalue weighted by molar-refractivity contribution is 0.412. The molecule has 0 aliphatic rings. The average molecular weight is 385 g/mol. The molecule has 0 N–H and O–H groups in total. The minimum Gasteiger partial charge on any atom is -0.496 e. The van der Waals surface area contributed by atoms with E-state index in [1.807, 2.05) is 24.3 Å². The first kappa shape index (κ1) is 12.3. The van der Waals surface area contributed by atoms with Gasteiger partial charge in [-0.1, -0.05) is 44.0 Å². The van der Waals surface area contributed by atoms with Gasteiger partial charge in [-0.25, -0.2) is 0 Å². The minimum atomic E-state index is 0.836. The lowest BCUT2D eigenvalue weighted by atomic mass is 10.2. The van der Waals surface area contributed by atoms with Crippen LogP contribution >= 0.6 is 47.8 Å². The summed E-state index contributed by atoms with van der Waals surface area (Å²) in [5, 5.41) is 0.845. The van der Waals surface area contributed by atoms with E-state index in [1.165, 1.54) is 0 Å². The largest absolute Gasteiger partial charge is 0.496 e. The molecule has 1 aromatic carbocycles. The second kappa shape index (κ2) is 5.93. The van der Waals surface area contributed by atoms with Gasteiger partial charge in [0.1, 0.15) is 5.75 Å². The first-order valence-corrected chi connectivity index (χ1v) is 6.65. The maximum Gasteiger partial charge on any atom is 0.133 e. The highest BCUT2D eigenvalue weighted by Crippen LogP contribution is 2.32. The third-order valence-electron chi connectivity index (χ3n) is 1.66. The van der Waals surface area contributed by atoms with E-state index in [4.69, 9.17) is 4.74 Å². The molecule has 0 aliphatic carbocycles. The summed E-state index contributed by atoms with van der Waals surface area (Å²) in [6.07, 6.45) is 4.07. The van der Waals surface area contributed by atoms with Crippen LogP contribution in [0.2, 0.25) is 0 Å². The van der Waals surface area contributed by atoms with Gasteiger partial charge in [0.2, 0.25) is 0 Å². The Morgan fingerprint density at radius 2 is 2.00 bits per heavy atom. The highest BCUT2D eigenvalue weighted by molar-refractivity contribution is 9.11. The van der Waals surface area contributed by atoms with Crippen LogP contribution < -0.4 is 4.74 Å². The van der Waals surface area contributed by atoms with Crippen molar-refractivity contribution in [2.45, 2.75) is 0 Å². The summed E-state index contributed by atoms with van der Waals surface area (Å²) in [6, 6.07) is 3.96. The van der Waals surface area contributed by atoms with Crippen LogP contribution in [0.4, 0.5) is 0 Å². The van der Waals surface area contributed by atoms with Crippen LogP contribution in [0.1, 0.15) is 5.56 Å². The zero-order valence-electron chi connectivity index (χ0n) is 7.56. The van der Waals surface area contributed by atoms with E-state index in [2.05, 4.69) is 47.8 Å². The molecule has 4 heteroatoms. The van der Waals surface area contributed by atoms with Crippen molar-refractivity contribution in [2.24, 2.45) is 0 Å². The van der Waals surface area contributed by atoms with Crippen molar-refractivity contribution in [2.75, 3.05) is 12.4 Å². The molecule has 0 bridgehead atoms. The quantitative estimate of drug-likeness (QED) is 0.690. The van der Waals surface area contributed by atoms with E-state index in [-0.39, 0.29) is 0 Å². The summed E-state index contributed by atoms with van der Waals surface area (Å²) < 4.78 is 7.20. The number of hydrogen-bond donors (Lipinski definition) is 0. The van der Waals surface area contributed by atoms with Crippen LogP contribution in [-0.2, 0) is 0 Å². The Morgan fingerprint density at radius 3 is 2.57 bits per heavy atom. The van der Waals surface area contributed by atoms with Gasteiger partial charge in [-0.3, -0.25) is 0 Å². The Hall–Kier alpha value is 0.200. The molecule has 0 saturated heterocycles. The number of ether oxygens (including phenoxy) is 1. The predicted molar refractivity (Wildman–Crippen MR) is 71.2 cm³/mol. The summed E-state index contributed by atoms with van der Waals surface area (Å²) in [7, 11) is 1.66. The topological polar surface area (TPSA) is 9.23 Å². The highest BCUT2D eigenvalue weighted by atomic mass is 79.9. The molecule has 0 saturated carbocycles. The molecular weight excluding hydrogens is 376 g/mol. The molecule has 14 heavy (non-hydrogen) atoms. The number of allylic oxidation sites excluding steroid dienone is 1. The summed E-state index contributed by atoms with van der Waals surface area (Å²) in [4.78, 5) is 0. The minimum absolute atomic E-state index is 0.836. The number of hydrogen-bond acceptors (Lipinski definition) is 1. The maximum atomic E-state index is 5.21. The second-order valence-corrected chi connectivity index (χ2v) is 4.92. The van der Waals surface area contributed by atoms with Crippen LogP contribution in [0.5, 0.6) is 5.75 Å². The SMILES string of the molecule is COc1cc(/C=C/CBr)c(Br)cc1Br. The van der Waals surface area contributed by atoms with E-state index >= 15 is 0 Å². The molecule has 76 valence electrons. The number of rotatable bonds is 3. The Kier molecular flexibility index (Phi) is 5.20. The summed E-state index contributed by atoms with van der Waals surface area (Å²) in [5.74, 6) is 0.836. The fourth-order valence-corrected chi connectivity index (χ4v) is 2.48. The van der Waals surface area contributed by atoms with Gasteiger partial charge in [-0.2, -0.15) is 0 Å². The van der Waals surface area contributed by atoms with Crippen LogP contribution in [-0.4, -0.2) is 12.4 Å². The van der Waals surface area contributed by atoms with Gasteiger partial charge in [0.15, 0.2) is 0 Å². The van der Waals surface area contributed by atoms with Crippen LogP contribution in [0.25, 0.3) is 6.08 Å². The van der Waals surface area contributed by atoms with Crippen LogP contribution in [0.15, 0.2) is 27.2 Å². The molecule has 0 atom stereocenters. The van der Waals surface area contributed by atoms with Crippen LogP contribution in [0, 0.1) is 0 Å². The van der Waals surface area contributed by atoms with Crippen molar-refractivity contribution in [1.82, 2.24) is 0 Å². The van der Waals surface area contributed by atoms with Gasteiger partial charge >= 0.3 is 0 Å². The molecule has 0 unspecified atom stereocenters. The van der Waals surface area contributed by atoms with Crippen molar-refractivity contribution in [1.29, 1.82) is 0 Å². The number of benzene rings is 1. The van der Waals surface area contributed by atoms with E-state index in [9.17, 15) is 0 Å². The van der Waals surface area contributed by atoms with Crippen molar-refractivity contribution in [3.05, 3.63) is 32.7 Å². The molecular formula is C10H9Br3O. The first-order valence-electron chi connectivity index (χ1n) is 3.94. The standard InChI is InChI=1S/C10H9Br3O/c1-14-10-5-7(3-2-4-11)8(12)6-9(10)13/h2-3,5-6H,4H2,1H3/b3-2+. The first-order chi connectivity index (χ1) is 6.69. The molecule has 0 heterocycles. The van der Waals surface area contributed by atoms with Crippen molar-refractivity contribution in [3.63, 3.8) is 0 Å². The van der Waals surface area contributed by atoms with Crippen molar-refractivity contribution in [3.8, 4) is 5.75 Å². The summed E-state index contributed by atoms with van der Waals surface area (Å²) >= 11 is 10.2. The third-order valence-corrected chi connectivity index (χ3v) is 3.34. The summed E-state index contributed by atoms with van der Waals surface area (Å²) in [5.41, 5.74) is 1.10. The van der Waals surface area contributed by atoms with E-state index in [1.54, 1.807) is 7.11 Å². The molecule has 0 fully saturated rings. The van der Waals surface area contributed by atoms with E-state index in [0.717, 1.165) is 25.6 Å². The molecule has 1 rings (SSSR count). The van der Waals surface area contributed by atoms with Gasteiger partial charge in [-0.15, -0.1) is 0 Å². The molecule has 0 aliphatic heterocycles. The van der Waals surface area contributed by atoms with E-state index < -0.39 is 0 Å². The van der Waals surface area contributed by atoms with Gasteiger partial charge in [0, 0.05) is 9.80 Å². The van der Waals surface area contributed by atoms with Crippen molar-refractivity contribution >= 4 is 53.9 Å². The fourth-order valence-electron chi connectivity index (χ4n) is 1.00. The second-order valence-electron chi connectivity index (χ2n) is 2.56. The monoisotopic (exact) mass is 382 g/mol.